The zero-order valence-electron chi connectivity index (χ0n) is 20.0. The number of carbonyl (C=O) groups excluding carboxylic acids is 1. The van der Waals surface area contributed by atoms with Gasteiger partial charge in [0, 0.05) is 17.8 Å². The van der Waals surface area contributed by atoms with Crippen LogP contribution in [-0.4, -0.2) is 31.3 Å². The van der Waals surface area contributed by atoms with Crippen LogP contribution in [0, 0.1) is 13.8 Å². The second-order valence-corrected chi connectivity index (χ2v) is 9.71. The second-order valence-electron chi connectivity index (χ2n) is 9.31. The van der Waals surface area contributed by atoms with Crippen molar-refractivity contribution in [1.82, 2.24) is 24.7 Å². The average molecular weight is 497 g/mol. The molecule has 0 unspecified atom stereocenters. The molecule has 1 amide bonds. The van der Waals surface area contributed by atoms with Crippen molar-refractivity contribution in [3.05, 3.63) is 88.3 Å². The first kappa shape index (κ1) is 22.5. The number of aromatic nitrogens is 4. The minimum absolute atomic E-state index is 0.131. The first-order chi connectivity index (χ1) is 17.5. The van der Waals surface area contributed by atoms with Gasteiger partial charge in [0.25, 0.3) is 5.91 Å². The van der Waals surface area contributed by atoms with E-state index in [9.17, 15) is 4.79 Å². The third-order valence-electron chi connectivity index (χ3n) is 6.62. The van der Waals surface area contributed by atoms with Crippen molar-refractivity contribution in [3.8, 4) is 11.3 Å². The van der Waals surface area contributed by atoms with E-state index in [-0.39, 0.29) is 11.9 Å². The Kier molecular flexibility index (Phi) is 5.57. The summed E-state index contributed by atoms with van der Waals surface area (Å²) in [4.78, 5) is 26.6. The molecule has 2 aromatic carbocycles. The number of amides is 1. The lowest BCUT2D eigenvalue weighted by Gasteiger charge is -2.13. The summed E-state index contributed by atoms with van der Waals surface area (Å²) in [5.74, 6) is 0.545. The third-order valence-corrected chi connectivity index (χ3v) is 6.94. The highest BCUT2D eigenvalue weighted by molar-refractivity contribution is 6.34. The molecule has 8 heteroatoms. The predicted octanol–water partition coefficient (Wildman–Crippen LogP) is 5.72. The maximum absolute atomic E-state index is 12.6. The van der Waals surface area contributed by atoms with Crippen LogP contribution in [-0.2, 0) is 6.54 Å². The predicted molar refractivity (Wildman–Crippen MR) is 142 cm³/mol. The molecule has 36 heavy (non-hydrogen) atoms. The maximum Gasteiger partial charge on any atom is 0.253 e. The minimum Gasteiger partial charge on any atom is -0.361 e. The van der Waals surface area contributed by atoms with Gasteiger partial charge in [0.2, 0.25) is 0 Å². The first-order valence-corrected chi connectivity index (χ1v) is 12.4. The standard InChI is InChI=1S/C28H25ClN6O/c1-16-11-23-24(12-17(16)2)35-25(18-6-9-21(22(29)13-18)28(36)33-19-7-8-19)15-32-27(35)26(34-23)31-14-20-5-3-4-10-30-20/h3-6,9-13,15,19H,7-8,14H2,1-2H3,(H,31,34)(H,33,36). The molecule has 0 spiro atoms. The maximum atomic E-state index is 12.6. The summed E-state index contributed by atoms with van der Waals surface area (Å²) in [5, 5.41) is 6.84. The molecule has 5 aromatic rings. The molecule has 1 saturated carbocycles. The third kappa shape index (κ3) is 4.16. The SMILES string of the molecule is Cc1cc2nc(NCc3ccccn3)c3ncc(-c4ccc(C(=O)NC5CC5)c(Cl)c4)n3c2cc1C. The molecule has 0 radical (unpaired) electrons. The molecular weight excluding hydrogens is 472 g/mol. The van der Waals surface area contributed by atoms with Gasteiger partial charge in [-0.1, -0.05) is 23.7 Å². The molecule has 0 atom stereocenters. The lowest BCUT2D eigenvalue weighted by Crippen LogP contribution is -2.25. The molecule has 1 aliphatic rings. The van der Waals surface area contributed by atoms with E-state index in [1.165, 1.54) is 11.1 Å². The molecule has 1 fully saturated rings. The number of nitrogens with zero attached hydrogens (tertiary/aromatic N) is 4. The summed E-state index contributed by atoms with van der Waals surface area (Å²) in [6.07, 6.45) is 5.66. The smallest absolute Gasteiger partial charge is 0.253 e. The number of nitrogens with one attached hydrogen (secondary N) is 2. The Morgan fingerprint density at radius 3 is 2.67 bits per heavy atom. The van der Waals surface area contributed by atoms with E-state index in [1.807, 2.05) is 36.5 Å². The highest BCUT2D eigenvalue weighted by atomic mass is 35.5. The quantitative estimate of drug-likeness (QED) is 0.314. The van der Waals surface area contributed by atoms with Crippen LogP contribution < -0.4 is 10.6 Å². The number of imidazole rings is 1. The monoisotopic (exact) mass is 496 g/mol. The number of fused-ring (bicyclic) bond motifs is 3. The fourth-order valence-corrected chi connectivity index (χ4v) is 4.60. The average Bonchev–Trinajstić information content (AvgIpc) is 3.57. The van der Waals surface area contributed by atoms with Crippen LogP contribution in [0.1, 0.15) is 40.0 Å². The molecule has 0 bridgehead atoms. The van der Waals surface area contributed by atoms with Crippen LogP contribution in [0.4, 0.5) is 5.82 Å². The number of hydrogen-bond donors (Lipinski definition) is 2. The van der Waals surface area contributed by atoms with Crippen molar-refractivity contribution in [2.45, 2.75) is 39.3 Å². The Morgan fingerprint density at radius 2 is 1.92 bits per heavy atom. The van der Waals surface area contributed by atoms with E-state index in [0.717, 1.165) is 40.8 Å². The molecule has 7 nitrogen and oxygen atoms in total. The Morgan fingerprint density at radius 1 is 1.08 bits per heavy atom. The van der Waals surface area contributed by atoms with Crippen LogP contribution in [0.2, 0.25) is 5.02 Å². The number of hydrogen-bond acceptors (Lipinski definition) is 5. The Labute approximate surface area is 213 Å². The lowest BCUT2D eigenvalue weighted by atomic mass is 10.1. The highest BCUT2D eigenvalue weighted by Crippen LogP contribution is 2.32. The topological polar surface area (TPSA) is 84.2 Å². The van der Waals surface area contributed by atoms with Crippen molar-refractivity contribution < 1.29 is 4.79 Å². The second kappa shape index (κ2) is 8.91. The number of rotatable bonds is 6. The lowest BCUT2D eigenvalue weighted by molar-refractivity contribution is 0.0951. The summed E-state index contributed by atoms with van der Waals surface area (Å²) in [6.45, 7) is 4.70. The van der Waals surface area contributed by atoms with Crippen molar-refractivity contribution in [1.29, 1.82) is 0 Å². The summed E-state index contributed by atoms with van der Waals surface area (Å²) >= 11 is 6.59. The zero-order valence-corrected chi connectivity index (χ0v) is 20.8. The number of benzene rings is 2. The van der Waals surface area contributed by atoms with Crippen LogP contribution in [0.5, 0.6) is 0 Å². The molecule has 6 rings (SSSR count). The minimum atomic E-state index is -0.131. The van der Waals surface area contributed by atoms with Crippen LogP contribution in [0.15, 0.2) is 60.9 Å². The summed E-state index contributed by atoms with van der Waals surface area (Å²) < 4.78 is 2.10. The van der Waals surface area contributed by atoms with Crippen molar-refractivity contribution in [3.63, 3.8) is 0 Å². The van der Waals surface area contributed by atoms with Crippen molar-refractivity contribution >= 4 is 40.0 Å². The zero-order chi connectivity index (χ0) is 24.8. The molecule has 0 aliphatic heterocycles. The van der Waals surface area contributed by atoms with Crippen LogP contribution in [0.3, 0.4) is 0 Å². The molecule has 180 valence electrons. The number of halogens is 1. The van der Waals surface area contributed by atoms with Crippen molar-refractivity contribution in [2.75, 3.05) is 5.32 Å². The summed E-state index contributed by atoms with van der Waals surface area (Å²) in [5.41, 5.74) is 8.01. The molecule has 3 heterocycles. The van der Waals surface area contributed by atoms with E-state index >= 15 is 0 Å². The molecular formula is C28H25ClN6O. The molecule has 3 aromatic heterocycles. The Bertz CT molecular complexity index is 1620. The van der Waals surface area contributed by atoms with Gasteiger partial charge < -0.3 is 10.6 Å². The van der Waals surface area contributed by atoms with Gasteiger partial charge in [-0.05, 0) is 74.2 Å². The van der Waals surface area contributed by atoms with Gasteiger partial charge in [-0.3, -0.25) is 14.2 Å². The van der Waals surface area contributed by atoms with E-state index < -0.39 is 0 Å². The van der Waals surface area contributed by atoms with Gasteiger partial charge in [0.15, 0.2) is 11.5 Å². The van der Waals surface area contributed by atoms with E-state index in [2.05, 4.69) is 46.0 Å². The van der Waals surface area contributed by atoms with Gasteiger partial charge in [-0.2, -0.15) is 0 Å². The fraction of sp³-hybridized carbons (Fsp3) is 0.214. The van der Waals surface area contributed by atoms with E-state index in [4.69, 9.17) is 21.6 Å². The fourth-order valence-electron chi connectivity index (χ4n) is 4.34. The Balaban J connectivity index is 1.47. The summed E-state index contributed by atoms with van der Waals surface area (Å²) in [6, 6.07) is 15.9. The number of carbonyl (C=O) groups is 1. The highest BCUT2D eigenvalue weighted by Gasteiger charge is 2.25. The number of pyridine rings is 1. The van der Waals surface area contributed by atoms with Gasteiger partial charge in [0.05, 0.1) is 45.7 Å². The normalized spacial score (nSPS) is 13.3. The number of aryl methyl sites for hydroxylation is 2. The van der Waals surface area contributed by atoms with Crippen LogP contribution >= 0.6 is 11.6 Å². The molecule has 2 N–H and O–H groups in total. The van der Waals surface area contributed by atoms with Gasteiger partial charge in [-0.15, -0.1) is 0 Å². The van der Waals surface area contributed by atoms with Gasteiger partial charge in [0.1, 0.15) is 0 Å². The Hall–Kier alpha value is -3.97. The van der Waals surface area contributed by atoms with Gasteiger partial charge in [-0.25, -0.2) is 9.97 Å². The first-order valence-electron chi connectivity index (χ1n) is 12.0. The number of anilines is 1. The largest absolute Gasteiger partial charge is 0.361 e. The van der Waals surface area contributed by atoms with E-state index in [1.54, 1.807) is 12.3 Å². The van der Waals surface area contributed by atoms with Crippen molar-refractivity contribution in [2.24, 2.45) is 0 Å². The molecule has 0 saturated heterocycles. The molecule has 1 aliphatic carbocycles. The van der Waals surface area contributed by atoms with Crippen LogP contribution in [0.25, 0.3) is 27.9 Å². The van der Waals surface area contributed by atoms with Gasteiger partial charge >= 0.3 is 0 Å². The van der Waals surface area contributed by atoms with E-state index in [0.29, 0.717) is 28.6 Å². The summed E-state index contributed by atoms with van der Waals surface area (Å²) in [7, 11) is 0.